The minimum absolute atomic E-state index is 0.785. The number of aryl methyl sites for hydroxylation is 3. The summed E-state index contributed by atoms with van der Waals surface area (Å²) >= 11 is 5.37. The van der Waals surface area contributed by atoms with E-state index in [1.165, 1.54) is 0 Å². The molecular weight excluding hydrogens is 248 g/mol. The molecule has 2 heterocycles. The van der Waals surface area contributed by atoms with Gasteiger partial charge in [-0.05, 0) is 38.4 Å². The molecule has 6 heteroatoms. The number of aromatic nitrogens is 4. The molecule has 0 aliphatic carbocycles. The van der Waals surface area contributed by atoms with Crippen LogP contribution in [0.1, 0.15) is 25.0 Å². The van der Waals surface area contributed by atoms with Crippen molar-refractivity contribution in [1.82, 2.24) is 19.3 Å². The van der Waals surface area contributed by atoms with E-state index in [0.29, 0.717) is 0 Å². The van der Waals surface area contributed by atoms with Crippen LogP contribution in [-0.4, -0.2) is 33.0 Å². The van der Waals surface area contributed by atoms with Crippen molar-refractivity contribution in [3.05, 3.63) is 10.5 Å². The Balaban J connectivity index is 2.12. The molecule has 1 N–H and O–H groups in total. The molecule has 0 aliphatic rings. The third-order valence-corrected chi connectivity index (χ3v) is 3.48. The van der Waals surface area contributed by atoms with Gasteiger partial charge in [-0.1, -0.05) is 0 Å². The van der Waals surface area contributed by atoms with Crippen LogP contribution in [-0.2, 0) is 18.3 Å². The third-order valence-electron chi connectivity index (χ3n) is 3.15. The van der Waals surface area contributed by atoms with Crippen molar-refractivity contribution < 1.29 is 4.74 Å². The molecule has 0 aromatic carbocycles. The summed E-state index contributed by atoms with van der Waals surface area (Å²) in [5, 5.41) is 4.41. The Morgan fingerprint density at radius 3 is 2.83 bits per heavy atom. The minimum Gasteiger partial charge on any atom is -0.385 e. The van der Waals surface area contributed by atoms with Gasteiger partial charge in [0.2, 0.25) is 0 Å². The maximum absolute atomic E-state index is 5.37. The van der Waals surface area contributed by atoms with Crippen molar-refractivity contribution in [3.63, 3.8) is 0 Å². The van der Waals surface area contributed by atoms with E-state index in [1.807, 2.05) is 18.7 Å². The van der Waals surface area contributed by atoms with E-state index in [9.17, 15) is 0 Å². The summed E-state index contributed by atoms with van der Waals surface area (Å²) in [6, 6.07) is 0. The van der Waals surface area contributed by atoms with Crippen molar-refractivity contribution in [2.75, 3.05) is 13.7 Å². The molecule has 2 rings (SSSR count). The van der Waals surface area contributed by atoms with E-state index < -0.39 is 0 Å². The van der Waals surface area contributed by atoms with Crippen LogP contribution >= 0.6 is 12.2 Å². The van der Waals surface area contributed by atoms with Gasteiger partial charge in [0.1, 0.15) is 5.52 Å². The second-order valence-electron chi connectivity index (χ2n) is 4.54. The molecule has 0 saturated carbocycles. The average Bonchev–Trinajstić information content (AvgIpc) is 2.79. The first-order valence-electron chi connectivity index (χ1n) is 6.26. The molecule has 0 fully saturated rings. The summed E-state index contributed by atoms with van der Waals surface area (Å²) in [6.45, 7) is 3.76. The summed E-state index contributed by atoms with van der Waals surface area (Å²) in [7, 11) is 3.70. The van der Waals surface area contributed by atoms with Gasteiger partial charge in [-0.15, -0.1) is 0 Å². The number of nitrogens with one attached hydrogen (secondary N) is 1. The van der Waals surface area contributed by atoms with Gasteiger partial charge in [0.25, 0.3) is 0 Å². The highest BCUT2D eigenvalue weighted by molar-refractivity contribution is 7.71. The molecule has 18 heavy (non-hydrogen) atoms. The topological polar surface area (TPSA) is 47.8 Å². The summed E-state index contributed by atoms with van der Waals surface area (Å²) in [5.74, 6) is 0. The molecule has 0 unspecified atom stereocenters. The Bertz CT molecular complexity index is 581. The fraction of sp³-hybridized carbons (Fsp3) is 0.667. The molecule has 2 aromatic rings. The van der Waals surface area contributed by atoms with Crippen LogP contribution in [0.2, 0.25) is 0 Å². The summed E-state index contributed by atoms with van der Waals surface area (Å²) < 4.78 is 9.86. The quantitative estimate of drug-likeness (QED) is 0.647. The predicted molar refractivity (Wildman–Crippen MR) is 74.4 cm³/mol. The molecule has 0 aliphatic heterocycles. The average molecular weight is 268 g/mol. The number of hydrogen-bond acceptors (Lipinski definition) is 3. The minimum atomic E-state index is 0.785. The van der Waals surface area contributed by atoms with Crippen molar-refractivity contribution >= 4 is 23.4 Å². The van der Waals surface area contributed by atoms with Crippen LogP contribution in [0, 0.1) is 11.7 Å². The molecule has 5 nitrogen and oxygen atoms in total. The van der Waals surface area contributed by atoms with Gasteiger partial charge in [0, 0.05) is 27.3 Å². The molecule has 0 saturated heterocycles. The number of aromatic amines is 1. The second kappa shape index (κ2) is 5.67. The summed E-state index contributed by atoms with van der Waals surface area (Å²) in [4.78, 5) is 3.24. The number of nitrogens with zero attached hydrogens (tertiary/aromatic N) is 3. The fourth-order valence-electron chi connectivity index (χ4n) is 2.27. The van der Waals surface area contributed by atoms with Crippen LogP contribution < -0.4 is 0 Å². The molecule has 2 aromatic heterocycles. The standard InChI is InChI=1S/C12H20N4OS/c1-9-10-11(15(2)14-9)16(12(18)13-10)7-5-4-6-8-17-3/h4-8H2,1-3H3,(H,13,18). The van der Waals surface area contributed by atoms with Gasteiger partial charge < -0.3 is 14.3 Å². The van der Waals surface area contributed by atoms with Crippen molar-refractivity contribution in [3.8, 4) is 0 Å². The zero-order valence-electron chi connectivity index (χ0n) is 11.2. The zero-order chi connectivity index (χ0) is 13.1. The smallest absolute Gasteiger partial charge is 0.179 e. The zero-order valence-corrected chi connectivity index (χ0v) is 12.0. The first-order valence-corrected chi connectivity index (χ1v) is 6.67. The monoisotopic (exact) mass is 268 g/mol. The first kappa shape index (κ1) is 13.3. The molecule has 0 spiro atoms. The van der Waals surface area contributed by atoms with Crippen molar-refractivity contribution in [1.29, 1.82) is 0 Å². The number of methoxy groups -OCH3 is 1. The number of ether oxygens (including phenoxy) is 1. The van der Waals surface area contributed by atoms with E-state index in [2.05, 4.69) is 14.6 Å². The van der Waals surface area contributed by atoms with Gasteiger partial charge >= 0.3 is 0 Å². The largest absolute Gasteiger partial charge is 0.385 e. The van der Waals surface area contributed by atoms with Gasteiger partial charge in [0.05, 0.1) is 5.69 Å². The Morgan fingerprint density at radius 1 is 1.33 bits per heavy atom. The molecule has 100 valence electrons. The number of fused-ring (bicyclic) bond motifs is 1. The predicted octanol–water partition coefficient (Wildman–Crippen LogP) is 2.56. The SMILES string of the molecule is COCCCCCn1c(=S)[nH]c2c(C)nn(C)c21. The molecular formula is C12H20N4OS. The number of H-pyrrole nitrogens is 1. The van der Waals surface area contributed by atoms with Crippen LogP contribution in [0.15, 0.2) is 0 Å². The van der Waals surface area contributed by atoms with E-state index in [4.69, 9.17) is 17.0 Å². The Morgan fingerprint density at radius 2 is 2.11 bits per heavy atom. The van der Waals surface area contributed by atoms with Crippen molar-refractivity contribution in [2.24, 2.45) is 7.05 Å². The molecule has 0 atom stereocenters. The number of imidazole rings is 1. The lowest BCUT2D eigenvalue weighted by Gasteiger charge is -2.04. The molecule has 0 radical (unpaired) electrons. The van der Waals surface area contributed by atoms with E-state index in [1.54, 1.807) is 7.11 Å². The normalized spacial score (nSPS) is 11.5. The van der Waals surface area contributed by atoms with E-state index >= 15 is 0 Å². The van der Waals surface area contributed by atoms with Crippen LogP contribution in [0.25, 0.3) is 11.2 Å². The van der Waals surface area contributed by atoms with Crippen molar-refractivity contribution in [2.45, 2.75) is 32.7 Å². The lowest BCUT2D eigenvalue weighted by Crippen LogP contribution is -2.03. The van der Waals surface area contributed by atoms with E-state index in [-0.39, 0.29) is 0 Å². The lowest BCUT2D eigenvalue weighted by molar-refractivity contribution is 0.191. The van der Waals surface area contributed by atoms with Crippen LogP contribution in [0.5, 0.6) is 0 Å². The van der Waals surface area contributed by atoms with Gasteiger partial charge in [-0.25, -0.2) is 0 Å². The van der Waals surface area contributed by atoms with Gasteiger partial charge in [0.15, 0.2) is 10.4 Å². The highest BCUT2D eigenvalue weighted by atomic mass is 32.1. The highest BCUT2D eigenvalue weighted by Gasteiger charge is 2.11. The van der Waals surface area contributed by atoms with Crippen LogP contribution in [0.3, 0.4) is 0 Å². The summed E-state index contributed by atoms with van der Waals surface area (Å²) in [6.07, 6.45) is 3.36. The fourth-order valence-corrected chi connectivity index (χ4v) is 2.55. The lowest BCUT2D eigenvalue weighted by atomic mass is 10.2. The number of hydrogen-bond donors (Lipinski definition) is 1. The molecule has 0 bridgehead atoms. The first-order chi connectivity index (χ1) is 8.65. The number of unbranched alkanes of at least 4 members (excludes halogenated alkanes) is 2. The molecule has 0 amide bonds. The Hall–Kier alpha value is -1.14. The second-order valence-corrected chi connectivity index (χ2v) is 4.93. The third kappa shape index (κ3) is 2.49. The van der Waals surface area contributed by atoms with Crippen LogP contribution in [0.4, 0.5) is 0 Å². The number of rotatable bonds is 6. The van der Waals surface area contributed by atoms with Gasteiger partial charge in [-0.2, -0.15) is 5.10 Å². The summed E-state index contributed by atoms with van der Waals surface area (Å²) in [5.41, 5.74) is 3.14. The maximum Gasteiger partial charge on any atom is 0.179 e. The maximum atomic E-state index is 5.37. The Kier molecular flexibility index (Phi) is 4.19. The Labute approximate surface area is 112 Å². The highest BCUT2D eigenvalue weighted by Crippen LogP contribution is 2.17. The van der Waals surface area contributed by atoms with E-state index in [0.717, 1.165) is 54.0 Å². The van der Waals surface area contributed by atoms with Gasteiger partial charge in [-0.3, -0.25) is 4.68 Å².